The number of carboxylic acid groups (broad SMARTS) is 1. The van der Waals surface area contributed by atoms with Crippen LogP contribution in [0.25, 0.3) is 0 Å². The van der Waals surface area contributed by atoms with Crippen LogP contribution in [0.5, 0.6) is 11.5 Å². The van der Waals surface area contributed by atoms with Gasteiger partial charge in [0.1, 0.15) is 11.5 Å². The molecule has 0 fully saturated rings. The fraction of sp³-hybridized carbons (Fsp3) is 0.500. The highest BCUT2D eigenvalue weighted by molar-refractivity contribution is 9.10. The highest BCUT2D eigenvalue weighted by Gasteiger charge is 2.39. The van der Waals surface area contributed by atoms with Gasteiger partial charge < -0.3 is 14.6 Å². The summed E-state index contributed by atoms with van der Waals surface area (Å²) in [5, 5.41) is 8.68. The zero-order chi connectivity index (χ0) is 16.2. The molecule has 0 saturated heterocycles. The number of benzene rings is 1. The average Bonchev–Trinajstić information content (AvgIpc) is 2.35. The monoisotopic (exact) mass is 366 g/mol. The molecule has 1 N–H and O–H groups in total. The zero-order valence-corrected chi connectivity index (χ0v) is 13.5. The molecule has 0 saturated carbocycles. The lowest BCUT2D eigenvalue weighted by molar-refractivity contribution is -0.138. The van der Waals surface area contributed by atoms with Crippen molar-refractivity contribution in [2.45, 2.75) is 25.7 Å². The minimum Gasteiger partial charge on any atom is -0.497 e. The van der Waals surface area contributed by atoms with Gasteiger partial charge in [0.25, 0.3) is 5.92 Å². The Bertz CT molecular complexity index is 520. The molecule has 21 heavy (non-hydrogen) atoms. The maximum atomic E-state index is 14.5. The number of aliphatic carboxylic acids is 1. The van der Waals surface area contributed by atoms with Crippen molar-refractivity contribution >= 4 is 21.9 Å². The van der Waals surface area contributed by atoms with Crippen LogP contribution < -0.4 is 9.47 Å². The number of carbonyl (C=O) groups is 1. The summed E-state index contributed by atoms with van der Waals surface area (Å²) in [7, 11) is 2.72. The van der Waals surface area contributed by atoms with Gasteiger partial charge in [-0.25, -0.2) is 8.78 Å². The molecule has 0 radical (unpaired) electrons. The molecule has 0 aliphatic heterocycles. The second-order valence-corrected chi connectivity index (χ2v) is 5.65. The zero-order valence-electron chi connectivity index (χ0n) is 12.0. The quantitative estimate of drug-likeness (QED) is 0.790. The first-order valence-corrected chi connectivity index (χ1v) is 7.02. The van der Waals surface area contributed by atoms with E-state index in [2.05, 4.69) is 15.9 Å². The van der Waals surface area contributed by atoms with Gasteiger partial charge in [-0.2, -0.15) is 0 Å². The fourth-order valence-electron chi connectivity index (χ4n) is 2.10. The van der Waals surface area contributed by atoms with Crippen LogP contribution in [0.3, 0.4) is 0 Å². The maximum Gasteiger partial charge on any atom is 0.303 e. The van der Waals surface area contributed by atoms with Crippen molar-refractivity contribution in [1.82, 2.24) is 0 Å². The van der Waals surface area contributed by atoms with Crippen LogP contribution in [0.1, 0.15) is 25.3 Å². The Morgan fingerprint density at radius 2 is 2.00 bits per heavy atom. The summed E-state index contributed by atoms with van der Waals surface area (Å²) in [6, 6.07) is 2.80. The van der Waals surface area contributed by atoms with Gasteiger partial charge in [0.05, 0.1) is 19.8 Å². The molecule has 0 amide bonds. The van der Waals surface area contributed by atoms with Gasteiger partial charge in [-0.15, -0.1) is 0 Å². The molecule has 1 unspecified atom stereocenters. The summed E-state index contributed by atoms with van der Waals surface area (Å²) in [6.45, 7) is 1.48. The van der Waals surface area contributed by atoms with Crippen LogP contribution >= 0.6 is 15.9 Å². The van der Waals surface area contributed by atoms with Crippen molar-refractivity contribution in [1.29, 1.82) is 0 Å². The summed E-state index contributed by atoms with van der Waals surface area (Å²) in [5.41, 5.74) is -0.303. The number of rotatable bonds is 7. The number of halogens is 3. The standard InChI is InChI=1S/C14H17BrF2O4/c1-8(4-12(18)19)7-14(16,17)13-10(15)5-9(20-2)6-11(13)21-3/h5-6,8H,4,7H2,1-3H3,(H,18,19). The summed E-state index contributed by atoms with van der Waals surface area (Å²) < 4.78 is 39.1. The molecule has 0 aromatic heterocycles. The Morgan fingerprint density at radius 3 is 2.48 bits per heavy atom. The molecular weight excluding hydrogens is 350 g/mol. The predicted octanol–water partition coefficient (Wildman–Crippen LogP) is 4.06. The van der Waals surface area contributed by atoms with Crippen molar-refractivity contribution in [3.05, 3.63) is 22.2 Å². The molecule has 0 aliphatic rings. The Kier molecular flexibility index (Phi) is 5.95. The molecule has 0 heterocycles. The van der Waals surface area contributed by atoms with Gasteiger partial charge in [0.2, 0.25) is 0 Å². The summed E-state index contributed by atoms with van der Waals surface area (Å²) in [6.07, 6.45) is -0.897. The number of ether oxygens (including phenoxy) is 2. The Hall–Kier alpha value is -1.37. The van der Waals surface area contributed by atoms with E-state index < -0.39 is 24.2 Å². The Labute approximate surface area is 130 Å². The summed E-state index contributed by atoms with van der Waals surface area (Å²) in [4.78, 5) is 10.6. The van der Waals surface area contributed by atoms with Crippen molar-refractivity contribution in [3.63, 3.8) is 0 Å². The van der Waals surface area contributed by atoms with Crippen molar-refractivity contribution in [2.24, 2.45) is 5.92 Å². The van der Waals surface area contributed by atoms with E-state index in [-0.39, 0.29) is 22.2 Å². The third kappa shape index (κ3) is 4.56. The molecule has 0 aliphatic carbocycles. The molecule has 1 atom stereocenters. The first kappa shape index (κ1) is 17.7. The first-order chi connectivity index (χ1) is 9.71. The summed E-state index contributed by atoms with van der Waals surface area (Å²) in [5.74, 6) is -4.61. The van der Waals surface area contributed by atoms with E-state index in [4.69, 9.17) is 14.6 Å². The van der Waals surface area contributed by atoms with Crippen molar-refractivity contribution < 1.29 is 28.2 Å². The Morgan fingerprint density at radius 1 is 1.38 bits per heavy atom. The second kappa shape index (κ2) is 7.06. The summed E-state index contributed by atoms with van der Waals surface area (Å²) >= 11 is 3.10. The number of hydrogen-bond donors (Lipinski definition) is 1. The molecule has 1 aromatic carbocycles. The highest BCUT2D eigenvalue weighted by Crippen LogP contribution is 2.45. The molecule has 4 nitrogen and oxygen atoms in total. The van der Waals surface area contributed by atoms with Gasteiger partial charge in [-0.05, 0) is 12.0 Å². The molecular formula is C14H17BrF2O4. The van der Waals surface area contributed by atoms with Gasteiger partial charge >= 0.3 is 5.97 Å². The van der Waals surface area contributed by atoms with Crippen LogP contribution in [0.2, 0.25) is 0 Å². The minimum absolute atomic E-state index is 0.00579. The lowest BCUT2D eigenvalue weighted by atomic mass is 9.94. The molecule has 1 aromatic rings. The fourth-order valence-corrected chi connectivity index (χ4v) is 2.81. The lowest BCUT2D eigenvalue weighted by Crippen LogP contribution is -2.20. The number of hydrogen-bond acceptors (Lipinski definition) is 3. The van der Waals surface area contributed by atoms with Gasteiger partial charge in [-0.1, -0.05) is 22.9 Å². The molecule has 0 bridgehead atoms. The van der Waals surface area contributed by atoms with E-state index in [0.29, 0.717) is 5.75 Å². The van der Waals surface area contributed by atoms with Crippen LogP contribution in [0.15, 0.2) is 16.6 Å². The third-order valence-electron chi connectivity index (χ3n) is 2.98. The molecule has 118 valence electrons. The van der Waals surface area contributed by atoms with Gasteiger partial charge in [-0.3, -0.25) is 4.79 Å². The van der Waals surface area contributed by atoms with E-state index in [0.717, 1.165) is 0 Å². The van der Waals surface area contributed by atoms with E-state index in [1.165, 1.54) is 33.3 Å². The van der Waals surface area contributed by atoms with Crippen LogP contribution in [0, 0.1) is 5.92 Å². The number of alkyl halides is 2. The largest absolute Gasteiger partial charge is 0.497 e. The maximum absolute atomic E-state index is 14.5. The van der Waals surface area contributed by atoms with E-state index in [1.54, 1.807) is 0 Å². The van der Waals surface area contributed by atoms with Crippen molar-refractivity contribution in [2.75, 3.05) is 14.2 Å². The molecule has 1 rings (SSSR count). The Balaban J connectivity index is 3.14. The van der Waals surface area contributed by atoms with E-state index in [9.17, 15) is 13.6 Å². The second-order valence-electron chi connectivity index (χ2n) is 4.80. The number of methoxy groups -OCH3 is 2. The lowest BCUT2D eigenvalue weighted by Gasteiger charge is -2.23. The van der Waals surface area contributed by atoms with E-state index in [1.807, 2.05) is 0 Å². The topological polar surface area (TPSA) is 55.8 Å². The third-order valence-corrected chi connectivity index (χ3v) is 3.60. The normalized spacial score (nSPS) is 12.9. The van der Waals surface area contributed by atoms with E-state index >= 15 is 0 Å². The smallest absolute Gasteiger partial charge is 0.303 e. The average molecular weight is 367 g/mol. The highest BCUT2D eigenvalue weighted by atomic mass is 79.9. The molecule has 7 heteroatoms. The minimum atomic E-state index is -3.22. The van der Waals surface area contributed by atoms with Crippen molar-refractivity contribution in [3.8, 4) is 11.5 Å². The SMILES string of the molecule is COc1cc(Br)c(C(F)(F)CC(C)CC(=O)O)c(OC)c1. The first-order valence-electron chi connectivity index (χ1n) is 6.23. The van der Waals surface area contributed by atoms with Gasteiger partial charge in [0.15, 0.2) is 0 Å². The predicted molar refractivity (Wildman–Crippen MR) is 77.2 cm³/mol. The van der Waals surface area contributed by atoms with Crippen LogP contribution in [-0.4, -0.2) is 25.3 Å². The molecule has 0 spiro atoms. The number of carboxylic acids is 1. The van der Waals surface area contributed by atoms with Crippen LogP contribution in [0.4, 0.5) is 8.78 Å². The van der Waals surface area contributed by atoms with Gasteiger partial charge in [0, 0.05) is 23.4 Å². The van der Waals surface area contributed by atoms with Crippen LogP contribution in [-0.2, 0) is 10.7 Å².